The molecule has 0 saturated carbocycles. The lowest BCUT2D eigenvalue weighted by Gasteiger charge is -2.16. The highest BCUT2D eigenvalue weighted by molar-refractivity contribution is 8.04. The molecule has 0 aromatic heterocycles. The van der Waals surface area contributed by atoms with Gasteiger partial charge in [0.1, 0.15) is 16.4 Å². The number of methoxy groups -OCH3 is 1. The van der Waals surface area contributed by atoms with E-state index in [1.165, 1.54) is 16.7 Å². The fourth-order valence-electron chi connectivity index (χ4n) is 3.39. The molecule has 1 aliphatic rings. The zero-order chi connectivity index (χ0) is 22.8. The number of benzene rings is 3. The van der Waals surface area contributed by atoms with Crippen LogP contribution >= 0.6 is 23.4 Å². The first-order valence-corrected chi connectivity index (χ1v) is 11.1. The molecule has 0 atom stereocenters. The van der Waals surface area contributed by atoms with Crippen molar-refractivity contribution in [3.8, 4) is 5.75 Å². The number of rotatable bonds is 6. The minimum absolute atomic E-state index is 0.248. The van der Waals surface area contributed by atoms with E-state index in [-0.39, 0.29) is 11.6 Å². The Morgan fingerprint density at radius 3 is 2.22 bits per heavy atom. The highest BCUT2D eigenvalue weighted by Gasteiger charge is 2.40. The zero-order valence-electron chi connectivity index (χ0n) is 17.8. The van der Waals surface area contributed by atoms with Gasteiger partial charge in [-0.15, -0.1) is 0 Å². The molecule has 3 aromatic carbocycles. The molecule has 162 valence electrons. The van der Waals surface area contributed by atoms with Gasteiger partial charge >= 0.3 is 0 Å². The van der Waals surface area contributed by atoms with Gasteiger partial charge in [-0.1, -0.05) is 41.1 Å². The summed E-state index contributed by atoms with van der Waals surface area (Å²) in [6, 6.07) is 19.9. The molecule has 32 heavy (non-hydrogen) atoms. The van der Waals surface area contributed by atoms with Crippen LogP contribution in [-0.4, -0.2) is 18.9 Å². The van der Waals surface area contributed by atoms with Gasteiger partial charge in [0.25, 0.3) is 11.8 Å². The SMILES string of the molecule is COc1ccc(N2C(=O)C(Nc3ccc(C)cc3C)=C(Sc3ccc(Cl)cc3)C2=O)cc1. The fourth-order valence-corrected chi connectivity index (χ4v) is 4.44. The monoisotopic (exact) mass is 464 g/mol. The molecule has 0 radical (unpaired) electrons. The Hall–Kier alpha value is -3.22. The van der Waals surface area contributed by atoms with E-state index in [1.54, 1.807) is 43.5 Å². The van der Waals surface area contributed by atoms with E-state index in [2.05, 4.69) is 5.32 Å². The Morgan fingerprint density at radius 2 is 1.59 bits per heavy atom. The molecule has 4 rings (SSSR count). The largest absolute Gasteiger partial charge is 0.497 e. The first-order valence-electron chi connectivity index (χ1n) is 9.92. The van der Waals surface area contributed by atoms with Crippen LogP contribution in [0.4, 0.5) is 11.4 Å². The highest BCUT2D eigenvalue weighted by Crippen LogP contribution is 2.38. The first kappa shape index (κ1) is 22.0. The minimum atomic E-state index is -0.406. The Kier molecular flexibility index (Phi) is 6.26. The number of thioether (sulfide) groups is 1. The summed E-state index contributed by atoms with van der Waals surface area (Å²) in [6.45, 7) is 3.97. The van der Waals surface area contributed by atoms with Crippen LogP contribution in [0.1, 0.15) is 11.1 Å². The maximum Gasteiger partial charge on any atom is 0.283 e. The smallest absolute Gasteiger partial charge is 0.283 e. The summed E-state index contributed by atoms with van der Waals surface area (Å²) in [7, 11) is 1.56. The predicted octanol–water partition coefficient (Wildman–Crippen LogP) is 5.95. The average Bonchev–Trinajstić information content (AvgIpc) is 3.01. The molecule has 3 aromatic rings. The summed E-state index contributed by atoms with van der Waals surface area (Å²) in [5.74, 6) is -0.144. The standard InChI is InChI=1S/C25H21ClN2O3S/c1-15-4-13-21(16(2)14-15)27-22-23(32-20-11-5-17(26)6-12-20)25(30)28(24(22)29)18-7-9-19(31-3)10-8-18/h4-14,27H,1-3H3. The van der Waals surface area contributed by atoms with Gasteiger partial charge in [-0.3, -0.25) is 9.59 Å². The topological polar surface area (TPSA) is 58.6 Å². The second kappa shape index (κ2) is 9.10. The van der Waals surface area contributed by atoms with E-state index in [0.717, 1.165) is 21.7 Å². The minimum Gasteiger partial charge on any atom is -0.497 e. The maximum atomic E-state index is 13.4. The van der Waals surface area contributed by atoms with Crippen molar-refractivity contribution in [1.82, 2.24) is 0 Å². The second-order valence-corrected chi connectivity index (χ2v) is 8.87. The van der Waals surface area contributed by atoms with Gasteiger partial charge in [-0.25, -0.2) is 4.90 Å². The number of anilines is 2. The van der Waals surface area contributed by atoms with Crippen LogP contribution in [-0.2, 0) is 9.59 Å². The number of amides is 2. The Bertz CT molecular complexity index is 1220. The molecule has 1 aliphatic heterocycles. The van der Waals surface area contributed by atoms with Crippen LogP contribution in [0.25, 0.3) is 0 Å². The summed E-state index contributed by atoms with van der Waals surface area (Å²) in [4.78, 5) is 29.2. The summed E-state index contributed by atoms with van der Waals surface area (Å²) in [6.07, 6.45) is 0. The molecule has 1 heterocycles. The molecule has 0 fully saturated rings. The van der Waals surface area contributed by atoms with Gasteiger partial charge in [-0.05, 0) is 74.0 Å². The van der Waals surface area contributed by atoms with Crippen LogP contribution < -0.4 is 15.0 Å². The molecule has 1 N–H and O–H groups in total. The fraction of sp³-hybridized carbons (Fsp3) is 0.120. The van der Waals surface area contributed by atoms with Crippen LogP contribution in [0.2, 0.25) is 5.02 Å². The van der Waals surface area contributed by atoms with Gasteiger partial charge in [-0.2, -0.15) is 0 Å². The molecule has 0 bridgehead atoms. The van der Waals surface area contributed by atoms with Crippen molar-refractivity contribution in [3.63, 3.8) is 0 Å². The summed E-state index contributed by atoms with van der Waals surface area (Å²) in [5, 5.41) is 3.82. The number of carbonyl (C=O) groups is 2. The molecular weight excluding hydrogens is 444 g/mol. The number of aryl methyl sites for hydroxylation is 2. The quantitative estimate of drug-likeness (QED) is 0.456. The number of imide groups is 1. The van der Waals surface area contributed by atoms with E-state index in [4.69, 9.17) is 16.3 Å². The van der Waals surface area contributed by atoms with Crippen molar-refractivity contribution >= 4 is 46.6 Å². The molecule has 0 aliphatic carbocycles. The molecular formula is C25H21ClN2O3S. The van der Waals surface area contributed by atoms with Crippen molar-refractivity contribution in [2.45, 2.75) is 18.7 Å². The third-order valence-corrected chi connectivity index (χ3v) is 6.39. The van der Waals surface area contributed by atoms with Gasteiger partial charge in [0.05, 0.1) is 12.8 Å². The second-order valence-electron chi connectivity index (χ2n) is 7.35. The number of nitrogens with zero attached hydrogens (tertiary/aromatic N) is 1. The van der Waals surface area contributed by atoms with E-state index >= 15 is 0 Å². The van der Waals surface area contributed by atoms with Crippen LogP contribution in [0.5, 0.6) is 5.75 Å². The van der Waals surface area contributed by atoms with Crippen molar-refractivity contribution in [3.05, 3.63) is 93.5 Å². The number of ether oxygens (including phenoxy) is 1. The third kappa shape index (κ3) is 4.38. The molecule has 0 spiro atoms. The Balaban J connectivity index is 1.74. The van der Waals surface area contributed by atoms with Gasteiger partial charge in [0, 0.05) is 15.6 Å². The number of hydrogen-bond acceptors (Lipinski definition) is 5. The summed E-state index contributed by atoms with van der Waals surface area (Å²) in [5.41, 5.74) is 3.60. The van der Waals surface area contributed by atoms with E-state index in [9.17, 15) is 9.59 Å². The molecule has 2 amide bonds. The molecule has 0 saturated heterocycles. The Labute approximate surface area is 196 Å². The Morgan fingerprint density at radius 1 is 0.906 bits per heavy atom. The van der Waals surface area contributed by atoms with Crippen molar-refractivity contribution in [2.75, 3.05) is 17.3 Å². The highest BCUT2D eigenvalue weighted by atomic mass is 35.5. The normalized spacial score (nSPS) is 13.7. The van der Waals surface area contributed by atoms with E-state index < -0.39 is 5.91 Å². The number of nitrogens with one attached hydrogen (secondary N) is 1. The summed E-state index contributed by atoms with van der Waals surface area (Å²) >= 11 is 7.24. The lowest BCUT2D eigenvalue weighted by molar-refractivity contribution is -0.120. The average molecular weight is 465 g/mol. The van der Waals surface area contributed by atoms with E-state index in [1.807, 2.05) is 44.2 Å². The zero-order valence-corrected chi connectivity index (χ0v) is 19.4. The molecule has 5 nitrogen and oxygen atoms in total. The third-order valence-electron chi connectivity index (χ3n) is 5.05. The van der Waals surface area contributed by atoms with Crippen molar-refractivity contribution < 1.29 is 14.3 Å². The number of halogens is 1. The predicted molar refractivity (Wildman–Crippen MR) is 129 cm³/mol. The maximum absolute atomic E-state index is 13.4. The van der Waals surface area contributed by atoms with Gasteiger partial charge in [0.2, 0.25) is 0 Å². The van der Waals surface area contributed by atoms with Crippen LogP contribution in [0.3, 0.4) is 0 Å². The summed E-state index contributed by atoms with van der Waals surface area (Å²) < 4.78 is 5.19. The van der Waals surface area contributed by atoms with Crippen LogP contribution in [0.15, 0.2) is 82.2 Å². The van der Waals surface area contributed by atoms with Gasteiger partial charge in [0.15, 0.2) is 0 Å². The van der Waals surface area contributed by atoms with Crippen molar-refractivity contribution in [1.29, 1.82) is 0 Å². The number of carbonyl (C=O) groups excluding carboxylic acids is 2. The molecule has 7 heteroatoms. The lowest BCUT2D eigenvalue weighted by atomic mass is 10.1. The molecule has 0 unspecified atom stereocenters. The van der Waals surface area contributed by atoms with E-state index in [0.29, 0.717) is 21.4 Å². The van der Waals surface area contributed by atoms with Crippen molar-refractivity contribution in [2.24, 2.45) is 0 Å². The number of hydrogen-bond donors (Lipinski definition) is 1. The van der Waals surface area contributed by atoms with Crippen LogP contribution in [0, 0.1) is 13.8 Å². The lowest BCUT2D eigenvalue weighted by Crippen LogP contribution is -2.32. The first-order chi connectivity index (χ1) is 15.4. The van der Waals surface area contributed by atoms with Gasteiger partial charge < -0.3 is 10.1 Å².